The lowest BCUT2D eigenvalue weighted by Gasteiger charge is -2.57. The highest BCUT2D eigenvalue weighted by Gasteiger charge is 2.61. The summed E-state index contributed by atoms with van der Waals surface area (Å²) in [6, 6.07) is 2.26. The summed E-state index contributed by atoms with van der Waals surface area (Å²) in [6.45, 7) is 4.60. The quantitative estimate of drug-likeness (QED) is 0.765. The molecule has 0 bridgehead atoms. The first-order valence-corrected chi connectivity index (χ1v) is 7.80. The average molecular weight is 345 g/mol. The number of alkyl halides is 3. The molecule has 3 rings (SSSR count). The van der Waals surface area contributed by atoms with Crippen molar-refractivity contribution in [3.05, 3.63) is 35.1 Å². The number of carbonyl (C=O) groups is 1. The third-order valence-electron chi connectivity index (χ3n) is 5.29. The van der Waals surface area contributed by atoms with Crippen LogP contribution in [0.2, 0.25) is 0 Å². The molecule has 0 aromatic heterocycles. The number of amides is 1. The lowest BCUT2D eigenvalue weighted by molar-refractivity contribution is -0.140. The van der Waals surface area contributed by atoms with E-state index < -0.39 is 23.5 Å². The van der Waals surface area contributed by atoms with Crippen LogP contribution in [-0.4, -0.2) is 36.6 Å². The van der Waals surface area contributed by atoms with E-state index in [2.05, 4.69) is 0 Å². The van der Waals surface area contributed by atoms with Crippen molar-refractivity contribution in [2.75, 3.05) is 13.7 Å². The van der Waals surface area contributed by atoms with E-state index in [1.165, 1.54) is 4.90 Å². The molecule has 1 heterocycles. The molecular formula is C17H19F4NO2. The third-order valence-corrected chi connectivity index (χ3v) is 5.29. The highest BCUT2D eigenvalue weighted by atomic mass is 19.4. The van der Waals surface area contributed by atoms with Gasteiger partial charge in [-0.15, -0.1) is 0 Å². The summed E-state index contributed by atoms with van der Waals surface area (Å²) in [5, 5.41) is 0. The summed E-state index contributed by atoms with van der Waals surface area (Å²) in [6.07, 6.45) is -3.94. The second-order valence-corrected chi connectivity index (χ2v) is 7.12. The van der Waals surface area contributed by atoms with E-state index >= 15 is 0 Å². The third kappa shape index (κ3) is 2.49. The predicted molar refractivity (Wildman–Crippen MR) is 78.9 cm³/mol. The Hall–Kier alpha value is -1.63. The van der Waals surface area contributed by atoms with E-state index in [0.29, 0.717) is 18.7 Å². The molecule has 24 heavy (non-hydrogen) atoms. The van der Waals surface area contributed by atoms with Gasteiger partial charge in [0, 0.05) is 36.6 Å². The van der Waals surface area contributed by atoms with Gasteiger partial charge < -0.3 is 9.64 Å². The van der Waals surface area contributed by atoms with Crippen molar-refractivity contribution in [1.29, 1.82) is 0 Å². The molecule has 132 valence electrons. The molecule has 2 fully saturated rings. The zero-order chi connectivity index (χ0) is 17.9. The van der Waals surface area contributed by atoms with Crippen LogP contribution in [0.3, 0.4) is 0 Å². The van der Waals surface area contributed by atoms with Crippen molar-refractivity contribution in [1.82, 2.24) is 4.90 Å². The molecule has 1 aromatic rings. The molecule has 1 amide bonds. The van der Waals surface area contributed by atoms with Crippen molar-refractivity contribution < 1.29 is 27.1 Å². The topological polar surface area (TPSA) is 29.5 Å². The van der Waals surface area contributed by atoms with Gasteiger partial charge in [0.15, 0.2) is 0 Å². The normalized spacial score (nSPS) is 28.2. The van der Waals surface area contributed by atoms with E-state index in [1.807, 2.05) is 13.8 Å². The standard InChI is InChI=1S/C17H19F4NO2/c1-16(2)13(10-6-7-24-14(10)16)22(3)15(23)9-4-5-12(18)11(8-9)17(19,20)21/h4-5,8,10,13-14H,6-7H2,1-3H3. The van der Waals surface area contributed by atoms with E-state index in [0.717, 1.165) is 12.5 Å². The molecule has 3 unspecified atom stereocenters. The number of rotatable bonds is 2. The predicted octanol–water partition coefficient (Wildman–Crippen LogP) is 3.73. The molecule has 1 aromatic carbocycles. The van der Waals surface area contributed by atoms with Gasteiger partial charge >= 0.3 is 6.18 Å². The van der Waals surface area contributed by atoms with Crippen molar-refractivity contribution in [3.63, 3.8) is 0 Å². The van der Waals surface area contributed by atoms with Crippen LogP contribution >= 0.6 is 0 Å². The van der Waals surface area contributed by atoms with E-state index in [-0.39, 0.29) is 29.0 Å². The van der Waals surface area contributed by atoms with Gasteiger partial charge in [-0.05, 0) is 24.6 Å². The molecule has 1 aliphatic carbocycles. The maximum atomic E-state index is 13.4. The molecule has 7 heteroatoms. The second-order valence-electron chi connectivity index (χ2n) is 7.12. The molecule has 1 saturated heterocycles. The van der Waals surface area contributed by atoms with Crippen molar-refractivity contribution in [3.8, 4) is 0 Å². The van der Waals surface area contributed by atoms with Crippen molar-refractivity contribution >= 4 is 5.91 Å². The van der Waals surface area contributed by atoms with Gasteiger partial charge in [-0.1, -0.05) is 13.8 Å². The zero-order valence-corrected chi connectivity index (χ0v) is 13.7. The fourth-order valence-corrected chi connectivity index (χ4v) is 4.29. The summed E-state index contributed by atoms with van der Waals surface area (Å²) in [4.78, 5) is 14.1. The van der Waals surface area contributed by atoms with Crippen LogP contribution in [-0.2, 0) is 10.9 Å². The van der Waals surface area contributed by atoms with Crippen LogP contribution in [0.25, 0.3) is 0 Å². The van der Waals surface area contributed by atoms with Crippen LogP contribution in [0.5, 0.6) is 0 Å². The summed E-state index contributed by atoms with van der Waals surface area (Å²) >= 11 is 0. The van der Waals surface area contributed by atoms with Crippen molar-refractivity contribution in [2.24, 2.45) is 11.3 Å². The first-order chi connectivity index (χ1) is 11.0. The van der Waals surface area contributed by atoms with Crippen LogP contribution in [0.1, 0.15) is 36.2 Å². The summed E-state index contributed by atoms with van der Waals surface area (Å²) < 4.78 is 57.6. The molecule has 1 saturated carbocycles. The zero-order valence-electron chi connectivity index (χ0n) is 13.7. The number of nitrogens with zero attached hydrogens (tertiary/aromatic N) is 1. The average Bonchev–Trinajstić information content (AvgIpc) is 2.92. The number of halogens is 4. The number of fused-ring (bicyclic) bond motifs is 1. The molecule has 3 atom stereocenters. The first-order valence-electron chi connectivity index (χ1n) is 7.80. The maximum Gasteiger partial charge on any atom is 0.419 e. The summed E-state index contributed by atoms with van der Waals surface area (Å²) in [7, 11) is 1.58. The Labute approximate surface area is 137 Å². The minimum atomic E-state index is -4.83. The number of hydrogen-bond donors (Lipinski definition) is 0. The first kappa shape index (κ1) is 17.2. The fourth-order valence-electron chi connectivity index (χ4n) is 4.29. The summed E-state index contributed by atoms with van der Waals surface area (Å²) in [5.41, 5.74) is -1.85. The van der Waals surface area contributed by atoms with Crippen LogP contribution in [0.15, 0.2) is 18.2 Å². The van der Waals surface area contributed by atoms with E-state index in [1.54, 1.807) is 7.05 Å². The molecule has 0 radical (unpaired) electrons. The van der Waals surface area contributed by atoms with Crippen molar-refractivity contribution in [2.45, 2.75) is 38.6 Å². The minimum Gasteiger partial charge on any atom is -0.377 e. The van der Waals surface area contributed by atoms with Gasteiger partial charge in [0.1, 0.15) is 5.82 Å². The van der Waals surface area contributed by atoms with E-state index in [9.17, 15) is 22.4 Å². The molecule has 2 aliphatic rings. The molecular weight excluding hydrogens is 326 g/mol. The van der Waals surface area contributed by atoms with Gasteiger partial charge in [0.05, 0.1) is 11.7 Å². The fraction of sp³-hybridized carbons (Fsp3) is 0.588. The Bertz CT molecular complexity index is 671. The number of benzene rings is 1. The number of carbonyl (C=O) groups excluding carboxylic acids is 1. The largest absolute Gasteiger partial charge is 0.419 e. The van der Waals surface area contributed by atoms with E-state index in [4.69, 9.17) is 4.74 Å². The summed E-state index contributed by atoms with van der Waals surface area (Å²) in [5.74, 6) is -1.73. The number of ether oxygens (including phenoxy) is 1. The Morgan fingerprint density at radius 2 is 2.00 bits per heavy atom. The Morgan fingerprint density at radius 1 is 1.33 bits per heavy atom. The SMILES string of the molecule is CN(C(=O)c1ccc(F)c(C(F)(F)F)c1)C1C2CCOC2C1(C)C. The molecule has 3 nitrogen and oxygen atoms in total. The van der Waals surface area contributed by atoms with Crippen LogP contribution in [0, 0.1) is 17.2 Å². The van der Waals surface area contributed by atoms with Crippen LogP contribution in [0.4, 0.5) is 17.6 Å². The van der Waals surface area contributed by atoms with Gasteiger partial charge in [-0.2, -0.15) is 13.2 Å². The van der Waals surface area contributed by atoms with Gasteiger partial charge in [0.2, 0.25) is 0 Å². The van der Waals surface area contributed by atoms with Gasteiger partial charge in [-0.25, -0.2) is 4.39 Å². The minimum absolute atomic E-state index is 0.0664. The Balaban J connectivity index is 1.87. The second kappa shape index (κ2) is 5.44. The number of hydrogen-bond acceptors (Lipinski definition) is 2. The molecule has 0 N–H and O–H groups in total. The highest BCUT2D eigenvalue weighted by Crippen LogP contribution is 2.54. The highest BCUT2D eigenvalue weighted by molar-refractivity contribution is 5.94. The molecule has 1 aliphatic heterocycles. The maximum absolute atomic E-state index is 13.4. The Kier molecular flexibility index (Phi) is 3.90. The van der Waals surface area contributed by atoms with Gasteiger partial charge in [0.25, 0.3) is 5.91 Å². The monoisotopic (exact) mass is 345 g/mol. The smallest absolute Gasteiger partial charge is 0.377 e. The lowest BCUT2D eigenvalue weighted by atomic mass is 9.56. The van der Waals surface area contributed by atoms with Crippen LogP contribution < -0.4 is 0 Å². The Morgan fingerprint density at radius 3 is 2.62 bits per heavy atom. The molecule has 0 spiro atoms. The van der Waals surface area contributed by atoms with Gasteiger partial charge in [-0.3, -0.25) is 4.79 Å². The lowest BCUT2D eigenvalue weighted by Crippen LogP contribution is -2.66.